The number of nitrogens with one attached hydrogen (secondary N) is 2. The Bertz CT molecular complexity index is 626. The highest BCUT2D eigenvalue weighted by Gasteiger charge is 2.12. The topological polar surface area (TPSA) is 71.1 Å². The van der Waals surface area contributed by atoms with Crippen molar-refractivity contribution < 1.29 is 9.59 Å². The van der Waals surface area contributed by atoms with Crippen LogP contribution in [0, 0.1) is 6.92 Å². The van der Waals surface area contributed by atoms with Crippen molar-refractivity contribution in [1.82, 2.24) is 15.6 Å². The highest BCUT2D eigenvalue weighted by Crippen LogP contribution is 2.03. The van der Waals surface area contributed by atoms with E-state index in [2.05, 4.69) is 15.6 Å². The maximum Gasteiger partial charge on any atom is 0.309 e. The number of benzene rings is 1. The summed E-state index contributed by atoms with van der Waals surface area (Å²) in [6.45, 7) is 2.62. The maximum atomic E-state index is 11.7. The quantitative estimate of drug-likeness (QED) is 0.831. The Morgan fingerprint density at radius 2 is 1.57 bits per heavy atom. The molecule has 0 saturated heterocycles. The van der Waals surface area contributed by atoms with Crippen LogP contribution in [-0.2, 0) is 22.7 Å². The van der Waals surface area contributed by atoms with Gasteiger partial charge in [-0.05, 0) is 30.2 Å². The molecule has 0 aliphatic carbocycles. The number of aryl methyl sites for hydroxylation is 1. The third-order valence-corrected chi connectivity index (χ3v) is 2.94. The van der Waals surface area contributed by atoms with Gasteiger partial charge in [0.05, 0.1) is 0 Å². The maximum absolute atomic E-state index is 11.7. The zero-order valence-corrected chi connectivity index (χ0v) is 11.8. The number of carbonyl (C=O) groups is 2. The van der Waals surface area contributed by atoms with E-state index in [1.165, 1.54) is 0 Å². The molecule has 0 atom stereocenters. The number of amides is 2. The minimum Gasteiger partial charge on any atom is -0.344 e. The SMILES string of the molecule is Cc1cccc(CNC(=O)C(=O)NCc2ccncc2)c1. The Morgan fingerprint density at radius 3 is 2.19 bits per heavy atom. The normalized spacial score (nSPS) is 9.95. The lowest BCUT2D eigenvalue weighted by Crippen LogP contribution is -2.39. The van der Waals surface area contributed by atoms with E-state index in [1.54, 1.807) is 24.5 Å². The van der Waals surface area contributed by atoms with Gasteiger partial charge in [0.25, 0.3) is 0 Å². The first-order chi connectivity index (χ1) is 10.1. The second-order valence-corrected chi connectivity index (χ2v) is 4.71. The van der Waals surface area contributed by atoms with Crippen molar-refractivity contribution in [2.24, 2.45) is 0 Å². The first kappa shape index (κ1) is 14.7. The zero-order valence-electron chi connectivity index (χ0n) is 11.8. The monoisotopic (exact) mass is 283 g/mol. The van der Waals surface area contributed by atoms with Gasteiger partial charge in [-0.2, -0.15) is 0 Å². The van der Waals surface area contributed by atoms with Crippen molar-refractivity contribution in [3.8, 4) is 0 Å². The predicted molar refractivity (Wildman–Crippen MR) is 79.1 cm³/mol. The fourth-order valence-corrected chi connectivity index (χ4v) is 1.85. The summed E-state index contributed by atoms with van der Waals surface area (Å²) in [7, 11) is 0. The van der Waals surface area contributed by atoms with E-state index in [9.17, 15) is 9.59 Å². The van der Waals surface area contributed by atoms with Crippen molar-refractivity contribution in [3.05, 3.63) is 65.5 Å². The minimum atomic E-state index is -0.639. The molecule has 1 aromatic carbocycles. The van der Waals surface area contributed by atoms with Crippen molar-refractivity contribution in [1.29, 1.82) is 0 Å². The number of aromatic nitrogens is 1. The molecule has 5 heteroatoms. The van der Waals surface area contributed by atoms with Crippen molar-refractivity contribution in [2.45, 2.75) is 20.0 Å². The molecule has 2 amide bonds. The van der Waals surface area contributed by atoms with Gasteiger partial charge in [-0.3, -0.25) is 14.6 Å². The molecule has 1 heterocycles. The van der Waals surface area contributed by atoms with Crippen LogP contribution >= 0.6 is 0 Å². The van der Waals surface area contributed by atoms with Crippen molar-refractivity contribution in [2.75, 3.05) is 0 Å². The second-order valence-electron chi connectivity index (χ2n) is 4.71. The van der Waals surface area contributed by atoms with Gasteiger partial charge in [0.1, 0.15) is 0 Å². The lowest BCUT2D eigenvalue weighted by molar-refractivity contribution is -0.139. The summed E-state index contributed by atoms with van der Waals surface area (Å²) < 4.78 is 0. The molecule has 0 aliphatic rings. The van der Waals surface area contributed by atoms with E-state index in [0.717, 1.165) is 16.7 Å². The Labute approximate surface area is 123 Å². The van der Waals surface area contributed by atoms with Gasteiger partial charge in [0.2, 0.25) is 0 Å². The fraction of sp³-hybridized carbons (Fsp3) is 0.188. The highest BCUT2D eigenvalue weighted by atomic mass is 16.2. The van der Waals surface area contributed by atoms with Gasteiger partial charge < -0.3 is 10.6 Å². The summed E-state index contributed by atoms with van der Waals surface area (Å²) in [5.74, 6) is -1.27. The third-order valence-electron chi connectivity index (χ3n) is 2.94. The lowest BCUT2D eigenvalue weighted by atomic mass is 10.1. The van der Waals surface area contributed by atoms with Crippen LogP contribution in [-0.4, -0.2) is 16.8 Å². The van der Waals surface area contributed by atoms with Crippen LogP contribution in [0.3, 0.4) is 0 Å². The Balaban J connectivity index is 1.79. The molecule has 0 unspecified atom stereocenters. The molecule has 0 bridgehead atoms. The molecule has 0 fully saturated rings. The molecule has 2 rings (SSSR count). The van der Waals surface area contributed by atoms with E-state index < -0.39 is 11.8 Å². The third kappa shape index (κ3) is 4.72. The van der Waals surface area contributed by atoms with Crippen LogP contribution in [0.4, 0.5) is 0 Å². The molecule has 2 aromatic rings. The van der Waals surface area contributed by atoms with Crippen molar-refractivity contribution in [3.63, 3.8) is 0 Å². The number of hydrogen-bond donors (Lipinski definition) is 2. The van der Waals surface area contributed by atoms with Crippen molar-refractivity contribution >= 4 is 11.8 Å². The molecular formula is C16H17N3O2. The number of nitrogens with zero attached hydrogens (tertiary/aromatic N) is 1. The summed E-state index contributed by atoms with van der Waals surface area (Å²) in [5, 5.41) is 5.17. The first-order valence-corrected chi connectivity index (χ1v) is 6.65. The van der Waals surface area contributed by atoms with Crippen LogP contribution in [0.1, 0.15) is 16.7 Å². The molecule has 2 N–H and O–H groups in total. The average Bonchev–Trinajstić information content (AvgIpc) is 2.51. The predicted octanol–water partition coefficient (Wildman–Crippen LogP) is 1.32. The minimum absolute atomic E-state index is 0.305. The number of carbonyl (C=O) groups excluding carboxylic acids is 2. The number of rotatable bonds is 4. The van der Waals surface area contributed by atoms with E-state index in [4.69, 9.17) is 0 Å². The summed E-state index contributed by atoms with van der Waals surface area (Å²) in [6, 6.07) is 11.3. The van der Waals surface area contributed by atoms with E-state index in [-0.39, 0.29) is 0 Å². The van der Waals surface area contributed by atoms with Crippen LogP contribution in [0.5, 0.6) is 0 Å². The summed E-state index contributed by atoms with van der Waals surface area (Å²) in [4.78, 5) is 27.2. The van der Waals surface area contributed by atoms with Gasteiger partial charge in [0, 0.05) is 25.5 Å². The van der Waals surface area contributed by atoms with Crippen LogP contribution < -0.4 is 10.6 Å². The zero-order chi connectivity index (χ0) is 15.1. The van der Waals surface area contributed by atoms with Gasteiger partial charge >= 0.3 is 11.8 Å². The summed E-state index contributed by atoms with van der Waals surface area (Å²) >= 11 is 0. The number of pyridine rings is 1. The molecule has 21 heavy (non-hydrogen) atoms. The average molecular weight is 283 g/mol. The molecule has 5 nitrogen and oxygen atoms in total. The summed E-state index contributed by atoms with van der Waals surface area (Å²) in [6.07, 6.45) is 3.28. The Kier molecular flexibility index (Phi) is 5.04. The van der Waals surface area contributed by atoms with E-state index in [1.807, 2.05) is 31.2 Å². The molecule has 0 saturated carbocycles. The molecule has 0 spiro atoms. The number of hydrogen-bond acceptors (Lipinski definition) is 3. The molecule has 0 radical (unpaired) electrons. The molecule has 108 valence electrons. The van der Waals surface area contributed by atoms with Crippen LogP contribution in [0.15, 0.2) is 48.8 Å². The highest BCUT2D eigenvalue weighted by molar-refractivity contribution is 6.35. The van der Waals surface area contributed by atoms with Crippen LogP contribution in [0.2, 0.25) is 0 Å². The summed E-state index contributed by atoms with van der Waals surface area (Å²) in [5.41, 5.74) is 2.97. The van der Waals surface area contributed by atoms with Crippen LogP contribution in [0.25, 0.3) is 0 Å². The molecule has 1 aromatic heterocycles. The van der Waals surface area contributed by atoms with E-state index >= 15 is 0 Å². The largest absolute Gasteiger partial charge is 0.344 e. The standard InChI is InChI=1S/C16H17N3O2/c1-12-3-2-4-14(9-12)11-19-16(21)15(20)18-10-13-5-7-17-8-6-13/h2-9H,10-11H2,1H3,(H,18,20)(H,19,21). The lowest BCUT2D eigenvalue weighted by Gasteiger charge is -2.07. The Hall–Kier alpha value is -2.69. The van der Waals surface area contributed by atoms with E-state index in [0.29, 0.717) is 13.1 Å². The van der Waals surface area contributed by atoms with Gasteiger partial charge in [-0.15, -0.1) is 0 Å². The van der Waals surface area contributed by atoms with Gasteiger partial charge in [-0.25, -0.2) is 0 Å². The van der Waals surface area contributed by atoms with Gasteiger partial charge in [-0.1, -0.05) is 29.8 Å². The molecular weight excluding hydrogens is 266 g/mol. The first-order valence-electron chi connectivity index (χ1n) is 6.65. The smallest absolute Gasteiger partial charge is 0.309 e. The molecule has 0 aliphatic heterocycles. The second kappa shape index (κ2) is 7.19. The Morgan fingerprint density at radius 1 is 0.952 bits per heavy atom. The van der Waals surface area contributed by atoms with Gasteiger partial charge in [0.15, 0.2) is 0 Å². The fourth-order valence-electron chi connectivity index (χ4n) is 1.85.